The SMILES string of the molecule is CCCCCCCCCCOS(=O)(=O)O.CCCc1nn(C)c2c(=O)[nH]c(-c3cc(S(=O)(=O)N4CCN(C)CC4)ccc3OCC)nc12. The van der Waals surface area contributed by atoms with E-state index in [1.165, 1.54) is 41.1 Å². The standard InChI is InChI=1S/C22H30N6O4S.C10H22O4S/c1-5-7-17-19-20(27(4)25-17)22(29)24-21(23-19)16-14-15(8-9-18(16)32-6-2)33(30,31)28-12-10-26(3)11-13-28;1-2-3-4-5-6-7-8-9-10-14-15(11,12)13/h8-9,14H,5-7,10-13H2,1-4H3,(H,23,24,29);2-10H2,1H3,(H,11,12,13). The van der Waals surface area contributed by atoms with Crippen LogP contribution in [0.2, 0.25) is 0 Å². The molecular formula is C32H52N6O8S2. The number of aryl methyl sites for hydroxylation is 2. The number of hydrogen-bond acceptors (Lipinski definition) is 10. The molecule has 0 amide bonds. The van der Waals surface area contributed by atoms with Crippen molar-refractivity contribution in [3.8, 4) is 17.1 Å². The molecule has 1 aliphatic heterocycles. The van der Waals surface area contributed by atoms with Crippen molar-refractivity contribution in [2.45, 2.75) is 89.9 Å². The van der Waals surface area contributed by atoms with Gasteiger partial charge >= 0.3 is 10.4 Å². The average Bonchev–Trinajstić information content (AvgIpc) is 3.35. The number of H-pyrrole nitrogens is 1. The molecule has 3 heterocycles. The van der Waals surface area contributed by atoms with E-state index in [0.717, 1.165) is 25.0 Å². The van der Waals surface area contributed by atoms with E-state index in [4.69, 9.17) is 14.3 Å². The summed E-state index contributed by atoms with van der Waals surface area (Å²) in [5.41, 5.74) is 1.75. The Labute approximate surface area is 284 Å². The molecule has 0 bridgehead atoms. The number of aromatic nitrogens is 4. The normalized spacial score (nSPS) is 14.6. The molecule has 16 heteroatoms. The third-order valence-corrected chi connectivity index (χ3v) is 10.4. The molecule has 1 aromatic carbocycles. The first-order valence-corrected chi connectivity index (χ1v) is 19.7. The van der Waals surface area contributed by atoms with Gasteiger partial charge in [0.25, 0.3) is 5.56 Å². The number of fused-ring (bicyclic) bond motifs is 1. The number of unbranched alkanes of at least 4 members (excludes halogenated alkanes) is 7. The molecule has 1 saturated heterocycles. The Morgan fingerprint density at radius 3 is 2.15 bits per heavy atom. The van der Waals surface area contributed by atoms with Crippen LogP contribution in [0.25, 0.3) is 22.4 Å². The van der Waals surface area contributed by atoms with Crippen molar-refractivity contribution in [2.75, 3.05) is 46.4 Å². The maximum Gasteiger partial charge on any atom is 0.397 e. The van der Waals surface area contributed by atoms with E-state index in [0.29, 0.717) is 68.0 Å². The zero-order chi connectivity index (χ0) is 35.3. The van der Waals surface area contributed by atoms with Crippen LogP contribution in [0, 0.1) is 0 Å². The summed E-state index contributed by atoms with van der Waals surface area (Å²) >= 11 is 0. The van der Waals surface area contributed by atoms with Gasteiger partial charge in [-0.2, -0.15) is 17.8 Å². The number of benzene rings is 1. The number of ether oxygens (including phenoxy) is 1. The molecule has 14 nitrogen and oxygen atoms in total. The van der Waals surface area contributed by atoms with Crippen LogP contribution in [0.3, 0.4) is 0 Å². The zero-order valence-electron chi connectivity index (χ0n) is 28.9. The lowest BCUT2D eigenvalue weighted by Gasteiger charge is -2.31. The van der Waals surface area contributed by atoms with E-state index >= 15 is 0 Å². The van der Waals surface area contributed by atoms with Gasteiger partial charge in [0.1, 0.15) is 17.1 Å². The highest BCUT2D eigenvalue weighted by Gasteiger charge is 2.29. The summed E-state index contributed by atoms with van der Waals surface area (Å²) < 4.78 is 68.3. The summed E-state index contributed by atoms with van der Waals surface area (Å²) in [7, 11) is -4.24. The fourth-order valence-electron chi connectivity index (χ4n) is 5.49. The number of rotatable bonds is 17. The summed E-state index contributed by atoms with van der Waals surface area (Å²) in [6.45, 7) is 8.76. The Kier molecular flexibility index (Phi) is 15.5. The van der Waals surface area contributed by atoms with Gasteiger partial charge < -0.3 is 14.6 Å². The molecule has 1 fully saturated rings. The van der Waals surface area contributed by atoms with Crippen LogP contribution in [-0.4, -0.2) is 96.8 Å². The lowest BCUT2D eigenvalue weighted by molar-refractivity contribution is 0.222. The fraction of sp³-hybridized carbons (Fsp3) is 0.656. The highest BCUT2D eigenvalue weighted by molar-refractivity contribution is 7.89. The van der Waals surface area contributed by atoms with Crippen molar-refractivity contribution >= 4 is 31.5 Å². The molecule has 0 atom stereocenters. The quantitative estimate of drug-likeness (QED) is 0.148. The fourth-order valence-corrected chi connectivity index (χ4v) is 7.27. The molecule has 4 rings (SSSR count). The number of aromatic amines is 1. The van der Waals surface area contributed by atoms with E-state index in [1.807, 2.05) is 20.9 Å². The Bertz CT molecular complexity index is 1730. The Balaban J connectivity index is 0.000000353. The van der Waals surface area contributed by atoms with E-state index in [9.17, 15) is 21.6 Å². The first-order chi connectivity index (χ1) is 22.8. The van der Waals surface area contributed by atoms with Crippen molar-refractivity contribution in [2.24, 2.45) is 7.05 Å². The van der Waals surface area contributed by atoms with Gasteiger partial charge in [0.2, 0.25) is 10.0 Å². The van der Waals surface area contributed by atoms with Gasteiger partial charge in [0, 0.05) is 33.2 Å². The predicted molar refractivity (Wildman–Crippen MR) is 186 cm³/mol. The Morgan fingerprint density at radius 2 is 1.54 bits per heavy atom. The molecule has 2 N–H and O–H groups in total. The number of sulfonamides is 1. The van der Waals surface area contributed by atoms with Gasteiger partial charge in [0.05, 0.1) is 29.4 Å². The van der Waals surface area contributed by atoms with Crippen LogP contribution in [0.1, 0.15) is 84.3 Å². The van der Waals surface area contributed by atoms with Crippen molar-refractivity contribution in [3.63, 3.8) is 0 Å². The Morgan fingerprint density at radius 1 is 0.896 bits per heavy atom. The molecule has 0 saturated carbocycles. The molecular weight excluding hydrogens is 661 g/mol. The minimum atomic E-state index is -4.23. The van der Waals surface area contributed by atoms with E-state index in [1.54, 1.807) is 25.2 Å². The lowest BCUT2D eigenvalue weighted by atomic mass is 10.1. The third kappa shape index (κ3) is 11.3. The van der Waals surface area contributed by atoms with Gasteiger partial charge in [-0.15, -0.1) is 0 Å². The summed E-state index contributed by atoms with van der Waals surface area (Å²) in [5.74, 6) is 0.718. The largest absolute Gasteiger partial charge is 0.493 e. The molecule has 3 aromatic rings. The first-order valence-electron chi connectivity index (χ1n) is 16.9. The number of likely N-dealkylation sites (N-methyl/N-ethyl adjacent to an activating group) is 1. The lowest BCUT2D eigenvalue weighted by Crippen LogP contribution is -2.47. The molecule has 0 spiro atoms. The van der Waals surface area contributed by atoms with Crippen LogP contribution < -0.4 is 10.3 Å². The minimum absolute atomic E-state index is 0.0911. The van der Waals surface area contributed by atoms with Gasteiger partial charge in [-0.25, -0.2) is 17.6 Å². The molecule has 0 unspecified atom stereocenters. The summed E-state index contributed by atoms with van der Waals surface area (Å²) in [6, 6.07) is 4.71. The van der Waals surface area contributed by atoms with Crippen molar-refractivity contribution in [1.82, 2.24) is 29.0 Å². The summed E-state index contributed by atoms with van der Waals surface area (Å²) in [5, 5.41) is 4.45. The highest BCUT2D eigenvalue weighted by Crippen LogP contribution is 2.32. The summed E-state index contributed by atoms with van der Waals surface area (Å²) in [4.78, 5) is 22.7. The second kappa shape index (κ2) is 18.8. The predicted octanol–water partition coefficient (Wildman–Crippen LogP) is 4.56. The molecule has 1 aliphatic rings. The summed E-state index contributed by atoms with van der Waals surface area (Å²) in [6.07, 6.45) is 10.6. The number of nitrogens with zero attached hydrogens (tertiary/aromatic N) is 5. The van der Waals surface area contributed by atoms with Crippen LogP contribution >= 0.6 is 0 Å². The highest BCUT2D eigenvalue weighted by atomic mass is 32.3. The smallest absolute Gasteiger partial charge is 0.397 e. The van der Waals surface area contributed by atoms with E-state index in [2.05, 4.69) is 26.1 Å². The second-order valence-electron chi connectivity index (χ2n) is 12.0. The van der Waals surface area contributed by atoms with Crippen LogP contribution in [-0.2, 0) is 38.1 Å². The van der Waals surface area contributed by atoms with Crippen LogP contribution in [0.4, 0.5) is 0 Å². The third-order valence-electron chi connectivity index (χ3n) is 8.09. The van der Waals surface area contributed by atoms with Gasteiger partial charge in [-0.05, 0) is 45.0 Å². The van der Waals surface area contributed by atoms with Crippen molar-refractivity contribution < 1.29 is 30.3 Å². The molecule has 48 heavy (non-hydrogen) atoms. The van der Waals surface area contributed by atoms with Gasteiger partial charge in [-0.3, -0.25) is 14.0 Å². The molecule has 0 aliphatic carbocycles. The van der Waals surface area contributed by atoms with Crippen LogP contribution in [0.15, 0.2) is 27.9 Å². The Hall–Kier alpha value is -2.89. The molecule has 270 valence electrons. The topological polar surface area (TPSA) is 177 Å². The van der Waals surface area contributed by atoms with Crippen molar-refractivity contribution in [3.05, 3.63) is 34.2 Å². The number of nitrogens with one attached hydrogen (secondary N) is 1. The van der Waals surface area contributed by atoms with Crippen LogP contribution in [0.5, 0.6) is 5.75 Å². The first kappa shape index (κ1) is 39.5. The number of piperazine rings is 1. The second-order valence-corrected chi connectivity index (χ2v) is 15.0. The van der Waals surface area contributed by atoms with Crippen molar-refractivity contribution in [1.29, 1.82) is 0 Å². The molecule has 2 aromatic heterocycles. The average molecular weight is 713 g/mol. The van der Waals surface area contributed by atoms with E-state index in [-0.39, 0.29) is 22.9 Å². The maximum atomic E-state index is 13.3. The maximum absolute atomic E-state index is 13.3. The molecule has 0 radical (unpaired) electrons. The zero-order valence-corrected chi connectivity index (χ0v) is 30.5. The van der Waals surface area contributed by atoms with E-state index < -0.39 is 20.4 Å². The van der Waals surface area contributed by atoms with Gasteiger partial charge in [0.15, 0.2) is 5.52 Å². The monoisotopic (exact) mass is 712 g/mol. The number of hydrogen-bond donors (Lipinski definition) is 2. The van der Waals surface area contributed by atoms with Gasteiger partial charge in [-0.1, -0.05) is 65.2 Å². The minimum Gasteiger partial charge on any atom is -0.493 e.